The number of likely N-dealkylation sites (tertiary alicyclic amines) is 1. The highest BCUT2D eigenvalue weighted by Gasteiger charge is 2.32. The fraction of sp³-hybridized carbons (Fsp3) is 0.467. The fourth-order valence-corrected chi connectivity index (χ4v) is 2.28. The van der Waals surface area contributed by atoms with E-state index in [-0.39, 0.29) is 11.8 Å². The molecular weight excluding hydrogens is 258 g/mol. The molecular formula is C15H19NO4. The minimum absolute atomic E-state index is 0.0373. The Morgan fingerprint density at radius 2 is 2.10 bits per heavy atom. The molecule has 0 aromatic heterocycles. The van der Waals surface area contributed by atoms with Crippen molar-refractivity contribution in [3.05, 3.63) is 30.3 Å². The molecule has 20 heavy (non-hydrogen) atoms. The van der Waals surface area contributed by atoms with Gasteiger partial charge in [-0.1, -0.05) is 25.1 Å². The molecule has 5 heteroatoms. The van der Waals surface area contributed by atoms with E-state index < -0.39 is 11.9 Å². The number of carboxylic acids is 1. The minimum atomic E-state index is -0.825. The Morgan fingerprint density at radius 3 is 2.70 bits per heavy atom. The molecule has 5 nitrogen and oxygen atoms in total. The summed E-state index contributed by atoms with van der Waals surface area (Å²) in [6.45, 7) is 2.94. The number of para-hydroxylation sites is 1. The first kappa shape index (κ1) is 14.4. The van der Waals surface area contributed by atoms with Crippen LogP contribution in [0.1, 0.15) is 13.3 Å². The second-order valence-electron chi connectivity index (χ2n) is 5.13. The third-order valence-electron chi connectivity index (χ3n) is 3.51. The van der Waals surface area contributed by atoms with Crippen LogP contribution in [0.2, 0.25) is 0 Å². The van der Waals surface area contributed by atoms with E-state index >= 15 is 0 Å². The van der Waals surface area contributed by atoms with Crippen molar-refractivity contribution in [3.8, 4) is 5.75 Å². The number of rotatable bonds is 5. The predicted molar refractivity (Wildman–Crippen MR) is 73.4 cm³/mol. The number of ether oxygens (including phenoxy) is 1. The van der Waals surface area contributed by atoms with Gasteiger partial charge in [0, 0.05) is 13.1 Å². The highest BCUT2D eigenvalue weighted by atomic mass is 16.5. The van der Waals surface area contributed by atoms with Crippen molar-refractivity contribution in [1.29, 1.82) is 0 Å². The van der Waals surface area contributed by atoms with Gasteiger partial charge in [0.15, 0.2) is 0 Å². The molecule has 108 valence electrons. The summed E-state index contributed by atoms with van der Waals surface area (Å²) in [6.07, 6.45) is 0.535. The molecule has 1 N–H and O–H groups in total. The van der Waals surface area contributed by atoms with E-state index in [4.69, 9.17) is 9.84 Å². The monoisotopic (exact) mass is 277 g/mol. The quantitative estimate of drug-likeness (QED) is 0.888. The number of nitrogens with zero attached hydrogens (tertiary/aromatic N) is 1. The number of carboxylic acid groups (broad SMARTS) is 1. The maximum Gasteiger partial charge on any atom is 0.308 e. The van der Waals surface area contributed by atoms with E-state index in [1.165, 1.54) is 0 Å². The minimum Gasteiger partial charge on any atom is -0.493 e. The van der Waals surface area contributed by atoms with Crippen LogP contribution in [0, 0.1) is 11.8 Å². The lowest BCUT2D eigenvalue weighted by Crippen LogP contribution is -2.36. The van der Waals surface area contributed by atoms with Crippen LogP contribution in [0.5, 0.6) is 5.75 Å². The van der Waals surface area contributed by atoms with Crippen LogP contribution in [0.3, 0.4) is 0 Å². The smallest absolute Gasteiger partial charge is 0.308 e. The topological polar surface area (TPSA) is 66.8 Å². The summed E-state index contributed by atoms with van der Waals surface area (Å²) in [5.74, 6) is -0.834. The van der Waals surface area contributed by atoms with Gasteiger partial charge in [-0.05, 0) is 18.6 Å². The Bertz CT molecular complexity index is 474. The Hall–Kier alpha value is -2.04. The van der Waals surface area contributed by atoms with Gasteiger partial charge >= 0.3 is 5.97 Å². The molecule has 1 aliphatic heterocycles. The standard InChI is InChI=1S/C15H19NO4/c1-11(10-20-13-5-3-2-4-6-13)14(17)16-8-7-12(9-16)15(18)19/h2-6,11-12H,7-10H2,1H3,(H,18,19)/t11-,12+/m0/s1. The third kappa shape index (κ3) is 3.50. The largest absolute Gasteiger partial charge is 0.493 e. The van der Waals surface area contributed by atoms with Crippen LogP contribution < -0.4 is 4.74 Å². The zero-order valence-corrected chi connectivity index (χ0v) is 11.5. The van der Waals surface area contributed by atoms with E-state index in [1.54, 1.807) is 11.8 Å². The van der Waals surface area contributed by atoms with Crippen molar-refractivity contribution < 1.29 is 19.4 Å². The van der Waals surface area contributed by atoms with Crippen molar-refractivity contribution >= 4 is 11.9 Å². The van der Waals surface area contributed by atoms with Crippen molar-refractivity contribution in [1.82, 2.24) is 4.90 Å². The molecule has 1 saturated heterocycles. The van der Waals surface area contributed by atoms with Gasteiger partial charge in [-0.25, -0.2) is 0 Å². The molecule has 1 fully saturated rings. The first-order valence-electron chi connectivity index (χ1n) is 6.77. The Labute approximate surface area is 118 Å². The van der Waals surface area contributed by atoms with Gasteiger partial charge in [0.1, 0.15) is 5.75 Å². The van der Waals surface area contributed by atoms with Crippen LogP contribution in [0.25, 0.3) is 0 Å². The van der Waals surface area contributed by atoms with E-state index in [0.717, 1.165) is 5.75 Å². The lowest BCUT2D eigenvalue weighted by Gasteiger charge is -2.20. The first-order chi connectivity index (χ1) is 9.58. The van der Waals surface area contributed by atoms with Crippen LogP contribution in [-0.4, -0.2) is 41.6 Å². The second-order valence-corrected chi connectivity index (χ2v) is 5.13. The highest BCUT2D eigenvalue weighted by Crippen LogP contribution is 2.19. The van der Waals surface area contributed by atoms with Crippen molar-refractivity contribution in [3.63, 3.8) is 0 Å². The molecule has 1 aromatic rings. The molecule has 2 rings (SSSR count). The third-order valence-corrected chi connectivity index (χ3v) is 3.51. The molecule has 0 unspecified atom stereocenters. The number of amides is 1. The predicted octanol–water partition coefficient (Wildman–Crippen LogP) is 1.63. The van der Waals surface area contributed by atoms with E-state index in [1.807, 2.05) is 30.3 Å². The van der Waals surface area contributed by atoms with E-state index in [9.17, 15) is 9.59 Å². The molecule has 1 heterocycles. The Morgan fingerprint density at radius 1 is 1.40 bits per heavy atom. The van der Waals surface area contributed by atoms with Gasteiger partial charge in [-0.3, -0.25) is 9.59 Å². The molecule has 1 aliphatic rings. The molecule has 0 saturated carbocycles. The fourth-order valence-electron chi connectivity index (χ4n) is 2.28. The van der Waals surface area contributed by atoms with Crippen LogP contribution in [-0.2, 0) is 9.59 Å². The lowest BCUT2D eigenvalue weighted by molar-refractivity contribution is -0.141. The first-order valence-corrected chi connectivity index (χ1v) is 6.77. The van der Waals surface area contributed by atoms with Crippen molar-refractivity contribution in [2.75, 3.05) is 19.7 Å². The molecule has 2 atom stereocenters. The number of aliphatic carboxylic acids is 1. The average molecular weight is 277 g/mol. The SMILES string of the molecule is C[C@@H](COc1ccccc1)C(=O)N1CC[C@@H](C(=O)O)C1. The summed E-state index contributed by atoms with van der Waals surface area (Å²) in [7, 11) is 0. The number of benzene rings is 1. The highest BCUT2D eigenvalue weighted by molar-refractivity contribution is 5.80. The average Bonchev–Trinajstić information content (AvgIpc) is 2.95. The summed E-state index contributed by atoms with van der Waals surface area (Å²) < 4.78 is 5.56. The summed E-state index contributed by atoms with van der Waals surface area (Å²) in [4.78, 5) is 24.7. The van der Waals surface area contributed by atoms with Gasteiger partial charge in [0.2, 0.25) is 5.91 Å². The van der Waals surface area contributed by atoms with Crippen LogP contribution >= 0.6 is 0 Å². The van der Waals surface area contributed by atoms with Crippen LogP contribution in [0.15, 0.2) is 30.3 Å². The van der Waals surface area contributed by atoms with Crippen molar-refractivity contribution in [2.24, 2.45) is 11.8 Å². The zero-order valence-electron chi connectivity index (χ0n) is 11.5. The second kappa shape index (κ2) is 6.41. The molecule has 0 spiro atoms. The lowest BCUT2D eigenvalue weighted by atomic mass is 10.1. The summed E-state index contributed by atoms with van der Waals surface area (Å²) in [5, 5.41) is 8.94. The zero-order chi connectivity index (χ0) is 14.5. The molecule has 1 aromatic carbocycles. The number of carbonyl (C=O) groups excluding carboxylic acids is 1. The summed E-state index contributed by atoms with van der Waals surface area (Å²) in [6, 6.07) is 9.33. The van der Waals surface area contributed by atoms with Gasteiger partial charge in [0.25, 0.3) is 0 Å². The van der Waals surface area contributed by atoms with E-state index in [0.29, 0.717) is 26.1 Å². The summed E-state index contributed by atoms with van der Waals surface area (Å²) >= 11 is 0. The number of carbonyl (C=O) groups is 2. The molecule has 1 amide bonds. The van der Waals surface area contributed by atoms with Crippen LogP contribution in [0.4, 0.5) is 0 Å². The van der Waals surface area contributed by atoms with Gasteiger partial charge in [-0.15, -0.1) is 0 Å². The Balaban J connectivity index is 1.82. The maximum atomic E-state index is 12.2. The molecule has 0 radical (unpaired) electrons. The molecule has 0 aliphatic carbocycles. The van der Waals surface area contributed by atoms with E-state index in [2.05, 4.69) is 0 Å². The van der Waals surface area contributed by atoms with Crippen molar-refractivity contribution in [2.45, 2.75) is 13.3 Å². The Kier molecular flexibility index (Phi) is 4.61. The van der Waals surface area contributed by atoms with Gasteiger partial charge in [-0.2, -0.15) is 0 Å². The van der Waals surface area contributed by atoms with Gasteiger partial charge in [0.05, 0.1) is 18.4 Å². The maximum absolute atomic E-state index is 12.2. The number of hydrogen-bond donors (Lipinski definition) is 1. The normalized spacial score (nSPS) is 19.6. The number of hydrogen-bond acceptors (Lipinski definition) is 3. The molecule has 0 bridgehead atoms. The van der Waals surface area contributed by atoms with Gasteiger partial charge < -0.3 is 14.7 Å². The summed E-state index contributed by atoms with van der Waals surface area (Å²) in [5.41, 5.74) is 0.